The van der Waals surface area contributed by atoms with Gasteiger partial charge < -0.3 is 10.2 Å². The molecule has 0 aromatic heterocycles. The number of nitrogens with one attached hydrogen (secondary N) is 1. The molecule has 1 saturated heterocycles. The van der Waals surface area contributed by atoms with Gasteiger partial charge in [-0.3, -0.25) is 0 Å². The standard InChI is InChI=1S/C18H26N4O3S/c1-2-3-4-7-10-20-18(23)21-11-13-22(14-12-21)26(24,25)17-9-6-5-8-16(17)15-19/h5-6,8-9H,2-4,7,10-14H2,1H3,(H,20,23). The van der Waals surface area contributed by atoms with Crippen molar-refractivity contribution in [1.29, 1.82) is 5.26 Å². The van der Waals surface area contributed by atoms with Crippen molar-refractivity contribution in [2.24, 2.45) is 0 Å². The molecule has 2 rings (SSSR count). The summed E-state index contributed by atoms with van der Waals surface area (Å²) in [5.41, 5.74) is 0.139. The molecule has 0 saturated carbocycles. The van der Waals surface area contributed by atoms with Gasteiger partial charge in [-0.1, -0.05) is 38.3 Å². The van der Waals surface area contributed by atoms with Crippen LogP contribution in [-0.4, -0.2) is 56.4 Å². The molecule has 142 valence electrons. The van der Waals surface area contributed by atoms with Crippen LogP contribution in [0.15, 0.2) is 29.2 Å². The second kappa shape index (κ2) is 9.55. The van der Waals surface area contributed by atoms with Crippen LogP contribution >= 0.6 is 0 Å². The number of hydrogen-bond acceptors (Lipinski definition) is 4. The summed E-state index contributed by atoms with van der Waals surface area (Å²) in [6, 6.07) is 7.97. The average Bonchev–Trinajstić information content (AvgIpc) is 2.67. The van der Waals surface area contributed by atoms with E-state index in [2.05, 4.69) is 12.2 Å². The third-order valence-corrected chi connectivity index (χ3v) is 6.41. The van der Waals surface area contributed by atoms with Crippen LogP contribution in [0.4, 0.5) is 4.79 Å². The fraction of sp³-hybridized carbons (Fsp3) is 0.556. The Morgan fingerprint density at radius 1 is 1.15 bits per heavy atom. The lowest BCUT2D eigenvalue weighted by Crippen LogP contribution is -2.53. The quantitative estimate of drug-likeness (QED) is 0.736. The maximum Gasteiger partial charge on any atom is 0.317 e. The van der Waals surface area contributed by atoms with Crippen LogP contribution in [0.3, 0.4) is 0 Å². The molecule has 1 N–H and O–H groups in total. The van der Waals surface area contributed by atoms with Crippen LogP contribution in [-0.2, 0) is 10.0 Å². The highest BCUT2D eigenvalue weighted by Crippen LogP contribution is 2.21. The highest BCUT2D eigenvalue weighted by molar-refractivity contribution is 7.89. The van der Waals surface area contributed by atoms with Crippen LogP contribution in [0.5, 0.6) is 0 Å². The van der Waals surface area contributed by atoms with Gasteiger partial charge in [0.05, 0.1) is 10.5 Å². The van der Waals surface area contributed by atoms with Gasteiger partial charge in [0.1, 0.15) is 6.07 Å². The van der Waals surface area contributed by atoms with Gasteiger partial charge >= 0.3 is 6.03 Å². The smallest absolute Gasteiger partial charge is 0.317 e. The van der Waals surface area contributed by atoms with Gasteiger partial charge in [-0.15, -0.1) is 0 Å². The van der Waals surface area contributed by atoms with E-state index in [0.717, 1.165) is 25.7 Å². The summed E-state index contributed by atoms with van der Waals surface area (Å²) < 4.78 is 26.9. The number of carbonyl (C=O) groups is 1. The van der Waals surface area contributed by atoms with E-state index in [0.29, 0.717) is 19.6 Å². The number of amides is 2. The molecule has 0 radical (unpaired) electrons. The van der Waals surface area contributed by atoms with Crippen molar-refractivity contribution in [3.63, 3.8) is 0 Å². The largest absolute Gasteiger partial charge is 0.338 e. The maximum absolute atomic E-state index is 12.8. The highest BCUT2D eigenvalue weighted by Gasteiger charge is 2.31. The fourth-order valence-corrected chi connectivity index (χ4v) is 4.48. The Morgan fingerprint density at radius 3 is 2.50 bits per heavy atom. The van der Waals surface area contributed by atoms with Gasteiger partial charge in [0.15, 0.2) is 0 Å². The summed E-state index contributed by atoms with van der Waals surface area (Å²) in [5.74, 6) is 0. The van der Waals surface area contributed by atoms with E-state index in [4.69, 9.17) is 5.26 Å². The van der Waals surface area contributed by atoms with Gasteiger partial charge in [0, 0.05) is 32.7 Å². The highest BCUT2D eigenvalue weighted by atomic mass is 32.2. The molecule has 0 aliphatic carbocycles. The zero-order valence-corrected chi connectivity index (χ0v) is 16.0. The summed E-state index contributed by atoms with van der Waals surface area (Å²) >= 11 is 0. The van der Waals surface area contributed by atoms with E-state index in [1.807, 2.05) is 6.07 Å². The number of unbranched alkanes of at least 4 members (excludes halogenated alkanes) is 3. The Hall–Kier alpha value is -2.11. The number of carbonyl (C=O) groups excluding carboxylic acids is 1. The van der Waals surface area contributed by atoms with Gasteiger partial charge in [-0.2, -0.15) is 9.57 Å². The number of benzene rings is 1. The van der Waals surface area contributed by atoms with Crippen molar-refractivity contribution >= 4 is 16.1 Å². The molecule has 0 bridgehead atoms. The molecule has 0 spiro atoms. The Kier molecular flexibility index (Phi) is 7.42. The Labute approximate surface area is 155 Å². The van der Waals surface area contributed by atoms with Crippen LogP contribution in [0.2, 0.25) is 0 Å². The molecular formula is C18H26N4O3S. The van der Waals surface area contributed by atoms with Gasteiger partial charge in [-0.25, -0.2) is 13.2 Å². The summed E-state index contributed by atoms with van der Waals surface area (Å²) in [5, 5.41) is 12.0. The first-order valence-corrected chi connectivity index (χ1v) is 10.5. The molecule has 1 heterocycles. The molecule has 0 unspecified atom stereocenters. The number of urea groups is 1. The predicted molar refractivity (Wildman–Crippen MR) is 99.0 cm³/mol. The van der Waals surface area contributed by atoms with E-state index in [-0.39, 0.29) is 29.6 Å². The molecule has 1 aromatic carbocycles. The van der Waals surface area contributed by atoms with E-state index >= 15 is 0 Å². The van der Waals surface area contributed by atoms with Crippen LogP contribution in [0, 0.1) is 11.3 Å². The number of rotatable bonds is 7. The summed E-state index contributed by atoms with van der Waals surface area (Å²) in [4.78, 5) is 13.8. The van der Waals surface area contributed by atoms with Crippen molar-refractivity contribution in [1.82, 2.24) is 14.5 Å². The van der Waals surface area contributed by atoms with E-state index < -0.39 is 10.0 Å². The first kappa shape index (κ1) is 20.2. The zero-order valence-electron chi connectivity index (χ0n) is 15.1. The van der Waals surface area contributed by atoms with Crippen LogP contribution in [0.25, 0.3) is 0 Å². The average molecular weight is 378 g/mol. The SMILES string of the molecule is CCCCCCNC(=O)N1CCN(S(=O)(=O)c2ccccc2C#N)CC1. The Morgan fingerprint density at radius 2 is 1.85 bits per heavy atom. The van der Waals surface area contributed by atoms with Crippen molar-refractivity contribution in [3.05, 3.63) is 29.8 Å². The normalized spacial score (nSPS) is 15.5. The minimum Gasteiger partial charge on any atom is -0.338 e. The summed E-state index contributed by atoms with van der Waals surface area (Å²) in [7, 11) is -3.73. The Balaban J connectivity index is 1.89. The van der Waals surface area contributed by atoms with Crippen molar-refractivity contribution in [2.45, 2.75) is 37.5 Å². The molecule has 1 aliphatic heterocycles. The third kappa shape index (κ3) is 4.96. The van der Waals surface area contributed by atoms with E-state index in [1.165, 1.54) is 16.4 Å². The maximum atomic E-state index is 12.8. The monoisotopic (exact) mass is 378 g/mol. The minimum absolute atomic E-state index is 0.0244. The molecule has 1 fully saturated rings. The molecule has 1 aromatic rings. The lowest BCUT2D eigenvalue weighted by Gasteiger charge is -2.34. The second-order valence-electron chi connectivity index (χ2n) is 6.29. The molecule has 1 aliphatic rings. The second-order valence-corrected chi connectivity index (χ2v) is 8.20. The molecule has 0 atom stereocenters. The number of nitriles is 1. The number of nitrogens with zero attached hydrogens (tertiary/aromatic N) is 3. The lowest BCUT2D eigenvalue weighted by molar-refractivity contribution is 0.172. The van der Waals surface area contributed by atoms with Gasteiger partial charge in [0.2, 0.25) is 10.0 Å². The van der Waals surface area contributed by atoms with Gasteiger partial charge in [0.25, 0.3) is 0 Å². The first-order valence-electron chi connectivity index (χ1n) is 9.02. The van der Waals surface area contributed by atoms with Crippen LogP contribution < -0.4 is 5.32 Å². The van der Waals surface area contributed by atoms with Crippen molar-refractivity contribution < 1.29 is 13.2 Å². The first-order chi connectivity index (χ1) is 12.5. The predicted octanol–water partition coefficient (Wildman–Crippen LogP) is 2.15. The topological polar surface area (TPSA) is 93.5 Å². The van der Waals surface area contributed by atoms with Crippen LogP contribution in [0.1, 0.15) is 38.2 Å². The molecule has 26 heavy (non-hydrogen) atoms. The molecular weight excluding hydrogens is 352 g/mol. The minimum atomic E-state index is -3.73. The Bertz CT molecular complexity index is 750. The number of piperazine rings is 1. The van der Waals surface area contributed by atoms with Gasteiger partial charge in [-0.05, 0) is 18.6 Å². The van der Waals surface area contributed by atoms with E-state index in [9.17, 15) is 13.2 Å². The molecule has 2 amide bonds. The van der Waals surface area contributed by atoms with E-state index in [1.54, 1.807) is 17.0 Å². The molecule has 8 heteroatoms. The number of sulfonamides is 1. The summed E-state index contributed by atoms with van der Waals surface area (Å²) in [6.45, 7) is 3.92. The third-order valence-electron chi connectivity index (χ3n) is 4.46. The zero-order chi connectivity index (χ0) is 19.0. The fourth-order valence-electron chi connectivity index (χ4n) is 2.91. The lowest BCUT2D eigenvalue weighted by atomic mass is 10.2. The molecule has 7 nitrogen and oxygen atoms in total. The summed E-state index contributed by atoms with van der Waals surface area (Å²) in [6.07, 6.45) is 4.37. The number of hydrogen-bond donors (Lipinski definition) is 1. The van der Waals surface area contributed by atoms with Crippen molar-refractivity contribution in [2.75, 3.05) is 32.7 Å². The van der Waals surface area contributed by atoms with Crippen molar-refractivity contribution in [3.8, 4) is 6.07 Å².